The Balaban J connectivity index is 1.36. The quantitative estimate of drug-likeness (QED) is 0.599. The lowest BCUT2D eigenvalue weighted by Gasteiger charge is -2.19. The zero-order valence-corrected chi connectivity index (χ0v) is 11.9. The molecule has 0 saturated heterocycles. The molecule has 1 nitrogen and oxygen atoms in total. The highest BCUT2D eigenvalue weighted by Crippen LogP contribution is 2.42. The molecule has 1 fully saturated rings. The van der Waals surface area contributed by atoms with Crippen molar-refractivity contribution in [3.8, 4) is 0 Å². The lowest BCUT2D eigenvalue weighted by Crippen LogP contribution is -2.26. The van der Waals surface area contributed by atoms with Gasteiger partial charge in [0.2, 0.25) is 0 Å². The normalized spacial score (nSPS) is 29.8. The molecule has 0 radical (unpaired) electrons. The predicted molar refractivity (Wildman–Crippen MR) is 81.2 cm³/mol. The fraction of sp³-hybridized carbons (Fsp3) is 0.556. The fourth-order valence-corrected chi connectivity index (χ4v) is 3.68. The summed E-state index contributed by atoms with van der Waals surface area (Å²) in [7, 11) is 0. The van der Waals surface area contributed by atoms with Crippen LogP contribution in [-0.4, -0.2) is 13.1 Å². The van der Waals surface area contributed by atoms with E-state index in [1.807, 2.05) is 0 Å². The second-order valence-corrected chi connectivity index (χ2v) is 6.34. The first-order valence-corrected chi connectivity index (χ1v) is 7.77. The van der Waals surface area contributed by atoms with Gasteiger partial charge in [0, 0.05) is 0 Å². The topological polar surface area (TPSA) is 12.0 Å². The summed E-state index contributed by atoms with van der Waals surface area (Å²) in [6, 6.07) is 10.9. The SMILES string of the molecule is CC(CCNCC1CC2C=CC1C2)c1ccccc1. The van der Waals surface area contributed by atoms with E-state index in [-0.39, 0.29) is 0 Å². The van der Waals surface area contributed by atoms with E-state index in [4.69, 9.17) is 0 Å². The number of nitrogens with one attached hydrogen (secondary N) is 1. The molecule has 19 heavy (non-hydrogen) atoms. The zero-order chi connectivity index (χ0) is 13.1. The standard InChI is InChI=1S/C18H25N/c1-14(16-5-3-2-4-6-16)9-10-19-13-18-12-15-7-8-17(18)11-15/h2-8,14-15,17-19H,9-13H2,1H3. The first-order valence-electron chi connectivity index (χ1n) is 7.77. The minimum atomic E-state index is 0.661. The number of benzene rings is 1. The van der Waals surface area contributed by atoms with Crippen molar-refractivity contribution in [2.24, 2.45) is 17.8 Å². The smallest absolute Gasteiger partial charge is 0.00147 e. The van der Waals surface area contributed by atoms with E-state index in [0.717, 1.165) is 24.3 Å². The van der Waals surface area contributed by atoms with Crippen LogP contribution in [0.2, 0.25) is 0 Å². The largest absolute Gasteiger partial charge is 0.316 e. The predicted octanol–water partition coefficient (Wildman–Crippen LogP) is 3.98. The molecule has 4 atom stereocenters. The van der Waals surface area contributed by atoms with Crippen molar-refractivity contribution < 1.29 is 0 Å². The third-order valence-electron chi connectivity index (χ3n) is 4.95. The Morgan fingerprint density at radius 2 is 2.00 bits per heavy atom. The van der Waals surface area contributed by atoms with Crippen molar-refractivity contribution in [2.45, 2.75) is 32.1 Å². The van der Waals surface area contributed by atoms with Crippen molar-refractivity contribution >= 4 is 0 Å². The van der Waals surface area contributed by atoms with Crippen LogP contribution in [0, 0.1) is 17.8 Å². The molecule has 4 unspecified atom stereocenters. The molecule has 2 bridgehead atoms. The number of hydrogen-bond donors (Lipinski definition) is 1. The van der Waals surface area contributed by atoms with E-state index < -0.39 is 0 Å². The van der Waals surface area contributed by atoms with Gasteiger partial charge in [-0.15, -0.1) is 0 Å². The monoisotopic (exact) mass is 255 g/mol. The Hall–Kier alpha value is -1.08. The van der Waals surface area contributed by atoms with Gasteiger partial charge in [-0.3, -0.25) is 0 Å². The Bertz CT molecular complexity index is 423. The molecule has 0 spiro atoms. The highest BCUT2D eigenvalue weighted by Gasteiger charge is 2.34. The minimum Gasteiger partial charge on any atom is -0.316 e. The average Bonchev–Trinajstić information content (AvgIpc) is 3.07. The maximum atomic E-state index is 3.68. The molecule has 1 N–H and O–H groups in total. The Morgan fingerprint density at radius 1 is 1.16 bits per heavy atom. The molecular weight excluding hydrogens is 230 g/mol. The van der Waals surface area contributed by atoms with Crippen LogP contribution in [0.15, 0.2) is 42.5 Å². The van der Waals surface area contributed by atoms with E-state index in [2.05, 4.69) is 54.7 Å². The molecule has 0 amide bonds. The molecular formula is C18H25N. The third-order valence-corrected chi connectivity index (χ3v) is 4.95. The molecule has 102 valence electrons. The summed E-state index contributed by atoms with van der Waals surface area (Å²) >= 11 is 0. The summed E-state index contributed by atoms with van der Waals surface area (Å²) in [5.41, 5.74) is 1.46. The molecule has 1 aromatic carbocycles. The van der Waals surface area contributed by atoms with Crippen molar-refractivity contribution in [3.63, 3.8) is 0 Å². The molecule has 1 saturated carbocycles. The highest BCUT2D eigenvalue weighted by atomic mass is 14.9. The summed E-state index contributed by atoms with van der Waals surface area (Å²) in [4.78, 5) is 0. The van der Waals surface area contributed by atoms with Gasteiger partial charge in [-0.1, -0.05) is 49.4 Å². The molecule has 0 aromatic heterocycles. The van der Waals surface area contributed by atoms with Crippen LogP contribution >= 0.6 is 0 Å². The number of allylic oxidation sites excluding steroid dienone is 2. The number of hydrogen-bond acceptors (Lipinski definition) is 1. The zero-order valence-electron chi connectivity index (χ0n) is 11.9. The Labute approximate surface area is 117 Å². The van der Waals surface area contributed by atoms with E-state index >= 15 is 0 Å². The van der Waals surface area contributed by atoms with E-state index in [1.54, 1.807) is 0 Å². The maximum Gasteiger partial charge on any atom is -0.00147 e. The second kappa shape index (κ2) is 5.92. The van der Waals surface area contributed by atoms with Crippen LogP contribution in [0.4, 0.5) is 0 Å². The van der Waals surface area contributed by atoms with Crippen LogP contribution in [0.3, 0.4) is 0 Å². The van der Waals surface area contributed by atoms with E-state index in [0.29, 0.717) is 5.92 Å². The average molecular weight is 255 g/mol. The van der Waals surface area contributed by atoms with Crippen LogP contribution in [0.25, 0.3) is 0 Å². The van der Waals surface area contributed by atoms with Gasteiger partial charge in [0.05, 0.1) is 0 Å². The second-order valence-electron chi connectivity index (χ2n) is 6.34. The van der Waals surface area contributed by atoms with Gasteiger partial charge < -0.3 is 5.32 Å². The van der Waals surface area contributed by atoms with Crippen molar-refractivity contribution in [1.29, 1.82) is 0 Å². The molecule has 2 aliphatic rings. The van der Waals surface area contributed by atoms with Gasteiger partial charge in [0.15, 0.2) is 0 Å². The number of rotatable bonds is 6. The summed E-state index contributed by atoms with van der Waals surface area (Å²) < 4.78 is 0. The van der Waals surface area contributed by atoms with Crippen LogP contribution in [0.5, 0.6) is 0 Å². The summed E-state index contributed by atoms with van der Waals surface area (Å²) in [5.74, 6) is 3.35. The van der Waals surface area contributed by atoms with Crippen molar-refractivity contribution in [3.05, 3.63) is 48.0 Å². The van der Waals surface area contributed by atoms with Gasteiger partial charge in [-0.05, 0) is 61.6 Å². The lowest BCUT2D eigenvalue weighted by molar-refractivity contribution is 0.410. The van der Waals surface area contributed by atoms with Gasteiger partial charge in [-0.25, -0.2) is 0 Å². The maximum absolute atomic E-state index is 3.68. The van der Waals surface area contributed by atoms with Gasteiger partial charge in [0.25, 0.3) is 0 Å². The van der Waals surface area contributed by atoms with Crippen molar-refractivity contribution in [1.82, 2.24) is 5.32 Å². The van der Waals surface area contributed by atoms with E-state index in [9.17, 15) is 0 Å². The summed E-state index contributed by atoms with van der Waals surface area (Å²) in [6.07, 6.45) is 8.96. The molecule has 3 rings (SSSR count). The van der Waals surface area contributed by atoms with Crippen molar-refractivity contribution in [2.75, 3.05) is 13.1 Å². The lowest BCUT2D eigenvalue weighted by atomic mass is 9.93. The first kappa shape index (κ1) is 12.9. The van der Waals surface area contributed by atoms with Crippen LogP contribution < -0.4 is 5.32 Å². The molecule has 0 aliphatic heterocycles. The highest BCUT2D eigenvalue weighted by molar-refractivity contribution is 5.18. The Morgan fingerprint density at radius 3 is 2.68 bits per heavy atom. The van der Waals surface area contributed by atoms with E-state index in [1.165, 1.54) is 31.4 Å². The summed E-state index contributed by atoms with van der Waals surface area (Å²) in [5, 5.41) is 3.68. The Kier molecular flexibility index (Phi) is 4.03. The van der Waals surface area contributed by atoms with Crippen LogP contribution in [0.1, 0.15) is 37.7 Å². The first-order chi connectivity index (χ1) is 9.33. The third kappa shape index (κ3) is 3.09. The summed E-state index contributed by atoms with van der Waals surface area (Å²) in [6.45, 7) is 4.69. The van der Waals surface area contributed by atoms with Gasteiger partial charge in [-0.2, -0.15) is 0 Å². The molecule has 1 heteroatoms. The van der Waals surface area contributed by atoms with Gasteiger partial charge >= 0.3 is 0 Å². The number of fused-ring (bicyclic) bond motifs is 2. The molecule has 0 heterocycles. The minimum absolute atomic E-state index is 0.661. The fourth-order valence-electron chi connectivity index (χ4n) is 3.68. The molecule has 2 aliphatic carbocycles. The molecule has 1 aromatic rings. The van der Waals surface area contributed by atoms with Crippen LogP contribution in [-0.2, 0) is 0 Å². The van der Waals surface area contributed by atoms with Gasteiger partial charge in [0.1, 0.15) is 0 Å².